The topological polar surface area (TPSA) is 56.5 Å². The summed E-state index contributed by atoms with van der Waals surface area (Å²) in [6.07, 6.45) is 1.68. The number of thiophene rings is 1. The molecule has 7 heteroatoms. The zero-order valence-corrected chi connectivity index (χ0v) is 12.2. The fraction of sp³-hybridized carbons (Fsp3) is 0.0833. The van der Waals surface area contributed by atoms with Crippen LogP contribution in [0.2, 0.25) is 0 Å². The molecule has 0 aromatic carbocycles. The molecule has 0 fully saturated rings. The maximum atomic E-state index is 11.6. The molecule has 0 radical (unpaired) electrons. The number of hydrogen-bond donors (Lipinski definition) is 0. The van der Waals surface area contributed by atoms with Gasteiger partial charge >= 0.3 is 5.97 Å². The van der Waals surface area contributed by atoms with E-state index in [1.54, 1.807) is 34.1 Å². The molecule has 0 bridgehead atoms. The lowest BCUT2D eigenvalue weighted by Crippen LogP contribution is -2.03. The summed E-state index contributed by atoms with van der Waals surface area (Å²) in [5.74, 6) is 0.314. The van der Waals surface area contributed by atoms with Gasteiger partial charge in [-0.1, -0.05) is 0 Å². The van der Waals surface area contributed by atoms with Gasteiger partial charge in [-0.2, -0.15) is 0 Å². The van der Waals surface area contributed by atoms with Gasteiger partial charge in [0.05, 0.1) is 17.6 Å². The molecule has 0 aliphatic heterocycles. The molecule has 0 atom stereocenters. The van der Waals surface area contributed by atoms with E-state index in [1.807, 2.05) is 11.4 Å². The maximum absolute atomic E-state index is 11.6. The molecule has 0 aliphatic carbocycles. The summed E-state index contributed by atoms with van der Waals surface area (Å²) in [6, 6.07) is 5.36. The predicted octanol–water partition coefficient (Wildman–Crippen LogP) is 3.01. The van der Waals surface area contributed by atoms with Crippen LogP contribution < -0.4 is 0 Å². The van der Waals surface area contributed by atoms with E-state index in [0.29, 0.717) is 17.0 Å². The number of rotatable bonds is 2. The molecule has 0 amide bonds. The molecule has 0 saturated heterocycles. The van der Waals surface area contributed by atoms with Gasteiger partial charge in [-0.15, -0.1) is 21.5 Å². The van der Waals surface area contributed by atoms with Gasteiger partial charge in [0.15, 0.2) is 11.5 Å². The molecular weight excluding hydrogens is 330 g/mol. The standard InChI is InChI=1S/C12H8BrN3O2S/c1-18-12(17)7-2-3-9-14-15-11(16(9)6-7)10-8(13)4-5-19-10/h2-6H,1H3. The third kappa shape index (κ3) is 2.04. The number of esters is 1. The SMILES string of the molecule is COC(=O)c1ccc2nnc(-c3sccc3Br)n2c1. The highest BCUT2D eigenvalue weighted by Gasteiger charge is 2.14. The molecule has 0 spiro atoms. The van der Waals surface area contributed by atoms with Gasteiger partial charge in [0.2, 0.25) is 0 Å². The highest BCUT2D eigenvalue weighted by atomic mass is 79.9. The largest absolute Gasteiger partial charge is 0.465 e. The first kappa shape index (κ1) is 12.3. The number of pyridine rings is 1. The number of methoxy groups -OCH3 is 1. The monoisotopic (exact) mass is 337 g/mol. The summed E-state index contributed by atoms with van der Waals surface area (Å²) in [4.78, 5) is 12.5. The number of halogens is 1. The van der Waals surface area contributed by atoms with Crippen molar-refractivity contribution in [1.29, 1.82) is 0 Å². The quantitative estimate of drug-likeness (QED) is 0.674. The first-order chi connectivity index (χ1) is 9.20. The van der Waals surface area contributed by atoms with E-state index in [1.165, 1.54) is 7.11 Å². The Morgan fingerprint density at radius 2 is 2.21 bits per heavy atom. The van der Waals surface area contributed by atoms with Gasteiger partial charge in [-0.3, -0.25) is 4.40 Å². The van der Waals surface area contributed by atoms with Gasteiger partial charge in [0.25, 0.3) is 0 Å². The molecule has 3 aromatic heterocycles. The summed E-state index contributed by atoms with van der Waals surface area (Å²) < 4.78 is 7.45. The number of fused-ring (bicyclic) bond motifs is 1. The molecular formula is C12H8BrN3O2S. The van der Waals surface area contributed by atoms with E-state index in [2.05, 4.69) is 26.1 Å². The van der Waals surface area contributed by atoms with E-state index in [-0.39, 0.29) is 5.97 Å². The molecule has 0 saturated carbocycles. The van der Waals surface area contributed by atoms with Crippen LogP contribution in [0.3, 0.4) is 0 Å². The first-order valence-electron chi connectivity index (χ1n) is 5.37. The summed E-state index contributed by atoms with van der Waals surface area (Å²) in [6.45, 7) is 0. The fourth-order valence-electron chi connectivity index (χ4n) is 1.74. The molecule has 96 valence electrons. The number of aromatic nitrogens is 3. The Morgan fingerprint density at radius 1 is 1.37 bits per heavy atom. The van der Waals surface area contributed by atoms with Gasteiger partial charge in [0, 0.05) is 10.7 Å². The van der Waals surface area contributed by atoms with Crippen molar-refractivity contribution < 1.29 is 9.53 Å². The second-order valence-corrected chi connectivity index (χ2v) is 5.53. The molecule has 3 heterocycles. The van der Waals surface area contributed by atoms with Crippen LogP contribution in [0.5, 0.6) is 0 Å². The summed E-state index contributed by atoms with van der Waals surface area (Å²) in [7, 11) is 1.36. The Kier molecular flexibility index (Phi) is 3.08. The van der Waals surface area contributed by atoms with Crippen molar-refractivity contribution in [3.05, 3.63) is 39.8 Å². The normalized spacial score (nSPS) is 10.8. The molecule has 0 aliphatic rings. The highest BCUT2D eigenvalue weighted by Crippen LogP contribution is 2.32. The average Bonchev–Trinajstić information content (AvgIpc) is 3.02. The third-order valence-electron chi connectivity index (χ3n) is 2.64. The van der Waals surface area contributed by atoms with E-state index in [0.717, 1.165) is 9.35 Å². The summed E-state index contributed by atoms with van der Waals surface area (Å²) in [5, 5.41) is 10.2. The van der Waals surface area contributed by atoms with Crippen LogP contribution in [0.1, 0.15) is 10.4 Å². The second-order valence-electron chi connectivity index (χ2n) is 3.76. The Hall–Kier alpha value is -1.73. The van der Waals surface area contributed by atoms with Crippen LogP contribution in [0.25, 0.3) is 16.3 Å². The number of carbonyl (C=O) groups is 1. The molecule has 19 heavy (non-hydrogen) atoms. The number of carbonyl (C=O) groups excluding carboxylic acids is 1. The Bertz CT molecular complexity index is 765. The third-order valence-corrected chi connectivity index (χ3v) is 4.48. The predicted molar refractivity (Wildman–Crippen MR) is 75.3 cm³/mol. The minimum atomic E-state index is -0.383. The average molecular weight is 338 g/mol. The first-order valence-corrected chi connectivity index (χ1v) is 7.04. The zero-order valence-electron chi connectivity index (χ0n) is 9.83. The molecule has 3 aromatic rings. The smallest absolute Gasteiger partial charge is 0.339 e. The molecule has 3 rings (SSSR count). The van der Waals surface area contributed by atoms with Gasteiger partial charge in [0.1, 0.15) is 0 Å². The molecule has 0 unspecified atom stereocenters. The lowest BCUT2D eigenvalue weighted by Gasteiger charge is -2.02. The maximum Gasteiger partial charge on any atom is 0.339 e. The van der Waals surface area contributed by atoms with Crippen LogP contribution >= 0.6 is 27.3 Å². The second kappa shape index (κ2) is 4.75. The Labute approximate surface area is 121 Å². The van der Waals surface area contributed by atoms with Crippen molar-refractivity contribution in [1.82, 2.24) is 14.6 Å². The van der Waals surface area contributed by atoms with E-state index in [9.17, 15) is 4.79 Å². The lowest BCUT2D eigenvalue weighted by molar-refractivity contribution is 0.0600. The van der Waals surface area contributed by atoms with Crippen molar-refractivity contribution in [2.75, 3.05) is 7.11 Å². The lowest BCUT2D eigenvalue weighted by atomic mass is 10.3. The fourth-order valence-corrected chi connectivity index (χ4v) is 3.27. The number of ether oxygens (including phenoxy) is 1. The summed E-state index contributed by atoms with van der Waals surface area (Å²) >= 11 is 5.03. The van der Waals surface area contributed by atoms with Crippen molar-refractivity contribution in [3.8, 4) is 10.7 Å². The number of nitrogens with zero attached hydrogens (tertiary/aromatic N) is 3. The van der Waals surface area contributed by atoms with Crippen LogP contribution in [-0.4, -0.2) is 27.7 Å². The van der Waals surface area contributed by atoms with Crippen molar-refractivity contribution in [2.24, 2.45) is 0 Å². The number of hydrogen-bond acceptors (Lipinski definition) is 5. The van der Waals surface area contributed by atoms with Crippen LogP contribution in [0, 0.1) is 0 Å². The van der Waals surface area contributed by atoms with E-state index < -0.39 is 0 Å². The Balaban J connectivity index is 2.21. The van der Waals surface area contributed by atoms with E-state index in [4.69, 9.17) is 4.74 Å². The van der Waals surface area contributed by atoms with Gasteiger partial charge < -0.3 is 4.74 Å². The van der Waals surface area contributed by atoms with Crippen molar-refractivity contribution in [3.63, 3.8) is 0 Å². The minimum absolute atomic E-state index is 0.383. The van der Waals surface area contributed by atoms with Crippen LogP contribution in [-0.2, 0) is 4.74 Å². The van der Waals surface area contributed by atoms with Gasteiger partial charge in [-0.25, -0.2) is 4.79 Å². The Morgan fingerprint density at radius 3 is 2.89 bits per heavy atom. The molecule has 0 N–H and O–H groups in total. The van der Waals surface area contributed by atoms with E-state index >= 15 is 0 Å². The summed E-state index contributed by atoms with van der Waals surface area (Å²) in [5.41, 5.74) is 1.15. The zero-order chi connectivity index (χ0) is 13.4. The highest BCUT2D eigenvalue weighted by molar-refractivity contribution is 9.10. The van der Waals surface area contributed by atoms with Crippen molar-refractivity contribution >= 4 is 38.9 Å². The van der Waals surface area contributed by atoms with Crippen LogP contribution in [0.15, 0.2) is 34.2 Å². The minimum Gasteiger partial charge on any atom is -0.465 e. The molecule has 5 nitrogen and oxygen atoms in total. The van der Waals surface area contributed by atoms with Crippen LogP contribution in [0.4, 0.5) is 0 Å². The van der Waals surface area contributed by atoms with Gasteiger partial charge in [-0.05, 0) is 39.5 Å². The van der Waals surface area contributed by atoms with Crippen molar-refractivity contribution in [2.45, 2.75) is 0 Å².